The number of rotatable bonds is 4. The molecule has 0 bridgehead atoms. The SMILES string of the molecule is Cc1[nH]nc(-c2ccccc2)c1NC(=O)c1cc(Cl)nc(N2CCCC2)c1. The lowest BCUT2D eigenvalue weighted by Gasteiger charge is -2.17. The van der Waals surface area contributed by atoms with E-state index < -0.39 is 0 Å². The molecule has 1 aliphatic heterocycles. The lowest BCUT2D eigenvalue weighted by atomic mass is 10.1. The van der Waals surface area contributed by atoms with Crippen molar-refractivity contribution in [3.63, 3.8) is 0 Å². The van der Waals surface area contributed by atoms with Gasteiger partial charge < -0.3 is 10.2 Å². The molecular weight excluding hydrogens is 362 g/mol. The van der Waals surface area contributed by atoms with Gasteiger partial charge in [0.2, 0.25) is 0 Å². The zero-order valence-electron chi connectivity index (χ0n) is 15.0. The van der Waals surface area contributed by atoms with Gasteiger partial charge in [-0.15, -0.1) is 0 Å². The molecule has 0 saturated carbocycles. The van der Waals surface area contributed by atoms with Crippen molar-refractivity contribution in [2.24, 2.45) is 0 Å². The van der Waals surface area contributed by atoms with Crippen LogP contribution in [0.2, 0.25) is 5.15 Å². The molecule has 1 amide bonds. The summed E-state index contributed by atoms with van der Waals surface area (Å²) in [5, 5.41) is 10.6. The number of aromatic amines is 1. The van der Waals surface area contributed by atoms with Gasteiger partial charge in [0.25, 0.3) is 5.91 Å². The molecule has 0 radical (unpaired) electrons. The summed E-state index contributed by atoms with van der Waals surface area (Å²) in [6.45, 7) is 3.75. The second-order valence-electron chi connectivity index (χ2n) is 6.62. The third-order valence-electron chi connectivity index (χ3n) is 4.71. The lowest BCUT2D eigenvalue weighted by Crippen LogP contribution is -2.20. The summed E-state index contributed by atoms with van der Waals surface area (Å²) in [6, 6.07) is 13.1. The van der Waals surface area contributed by atoms with Crippen molar-refractivity contribution >= 4 is 29.0 Å². The third-order valence-corrected chi connectivity index (χ3v) is 4.90. The molecule has 1 fully saturated rings. The summed E-state index contributed by atoms with van der Waals surface area (Å²) < 4.78 is 0. The summed E-state index contributed by atoms with van der Waals surface area (Å²) in [5.41, 5.74) is 3.59. The molecule has 2 N–H and O–H groups in total. The topological polar surface area (TPSA) is 73.9 Å². The van der Waals surface area contributed by atoms with Crippen molar-refractivity contribution in [2.45, 2.75) is 19.8 Å². The van der Waals surface area contributed by atoms with E-state index in [4.69, 9.17) is 11.6 Å². The first-order chi connectivity index (χ1) is 13.1. The number of carbonyl (C=O) groups excluding carboxylic acids is 1. The largest absolute Gasteiger partial charge is 0.357 e. The molecule has 1 aliphatic rings. The molecular formula is C20H20ClN5O. The average molecular weight is 382 g/mol. The van der Waals surface area contributed by atoms with Crippen LogP contribution in [-0.4, -0.2) is 34.2 Å². The first-order valence-electron chi connectivity index (χ1n) is 8.96. The molecule has 7 heteroatoms. The number of aryl methyl sites for hydroxylation is 1. The van der Waals surface area contributed by atoms with Gasteiger partial charge in [-0.25, -0.2) is 4.98 Å². The Bertz CT molecular complexity index is 964. The maximum atomic E-state index is 12.9. The molecule has 3 aromatic rings. The number of benzene rings is 1. The monoisotopic (exact) mass is 381 g/mol. The number of carbonyl (C=O) groups is 1. The fourth-order valence-corrected chi connectivity index (χ4v) is 3.50. The van der Waals surface area contributed by atoms with Gasteiger partial charge in [-0.3, -0.25) is 9.89 Å². The summed E-state index contributed by atoms with van der Waals surface area (Å²) in [7, 11) is 0. The molecule has 0 spiro atoms. The minimum absolute atomic E-state index is 0.235. The Balaban J connectivity index is 1.63. The number of anilines is 2. The van der Waals surface area contributed by atoms with Crippen LogP contribution in [0, 0.1) is 6.92 Å². The van der Waals surface area contributed by atoms with Crippen LogP contribution in [-0.2, 0) is 0 Å². The smallest absolute Gasteiger partial charge is 0.256 e. The van der Waals surface area contributed by atoms with Crippen molar-refractivity contribution in [3.05, 3.63) is 58.9 Å². The van der Waals surface area contributed by atoms with E-state index in [1.807, 2.05) is 37.3 Å². The van der Waals surface area contributed by atoms with Crippen molar-refractivity contribution in [1.82, 2.24) is 15.2 Å². The maximum Gasteiger partial charge on any atom is 0.256 e. The molecule has 0 atom stereocenters. The van der Waals surface area contributed by atoms with Crippen LogP contribution in [0.4, 0.5) is 11.5 Å². The normalized spacial score (nSPS) is 13.8. The van der Waals surface area contributed by atoms with Crippen molar-refractivity contribution in [1.29, 1.82) is 0 Å². The average Bonchev–Trinajstić information content (AvgIpc) is 3.33. The predicted octanol–water partition coefficient (Wildman–Crippen LogP) is 4.29. The second-order valence-corrected chi connectivity index (χ2v) is 7.01. The number of hydrogen-bond acceptors (Lipinski definition) is 4. The molecule has 27 heavy (non-hydrogen) atoms. The highest BCUT2D eigenvalue weighted by atomic mass is 35.5. The molecule has 3 heterocycles. The van der Waals surface area contributed by atoms with E-state index in [-0.39, 0.29) is 5.91 Å². The lowest BCUT2D eigenvalue weighted by molar-refractivity contribution is 0.102. The highest BCUT2D eigenvalue weighted by Crippen LogP contribution is 2.29. The Labute approximate surface area is 162 Å². The number of pyridine rings is 1. The Morgan fingerprint density at radius 1 is 1.19 bits per heavy atom. The molecule has 138 valence electrons. The van der Waals surface area contributed by atoms with Crippen LogP contribution >= 0.6 is 11.6 Å². The fraction of sp³-hybridized carbons (Fsp3) is 0.250. The van der Waals surface area contributed by atoms with Crippen LogP contribution < -0.4 is 10.2 Å². The van der Waals surface area contributed by atoms with Crippen LogP contribution in [0.25, 0.3) is 11.3 Å². The molecule has 4 rings (SSSR count). The van der Waals surface area contributed by atoms with Gasteiger partial charge in [0.15, 0.2) is 0 Å². The first kappa shape index (κ1) is 17.5. The summed E-state index contributed by atoms with van der Waals surface area (Å²) in [6.07, 6.45) is 2.26. The zero-order valence-corrected chi connectivity index (χ0v) is 15.8. The Hall–Kier alpha value is -2.86. The number of nitrogens with one attached hydrogen (secondary N) is 2. The van der Waals surface area contributed by atoms with E-state index in [1.54, 1.807) is 12.1 Å². The number of hydrogen-bond donors (Lipinski definition) is 2. The zero-order chi connectivity index (χ0) is 18.8. The quantitative estimate of drug-likeness (QED) is 0.661. The van der Waals surface area contributed by atoms with E-state index in [9.17, 15) is 4.79 Å². The van der Waals surface area contributed by atoms with Gasteiger partial charge in [0, 0.05) is 24.2 Å². The molecule has 6 nitrogen and oxygen atoms in total. The van der Waals surface area contributed by atoms with Crippen molar-refractivity contribution < 1.29 is 4.79 Å². The molecule has 0 unspecified atom stereocenters. The molecule has 2 aromatic heterocycles. The van der Waals surface area contributed by atoms with E-state index >= 15 is 0 Å². The Morgan fingerprint density at radius 3 is 2.67 bits per heavy atom. The number of halogens is 1. The Morgan fingerprint density at radius 2 is 1.93 bits per heavy atom. The Kier molecular flexibility index (Phi) is 4.81. The van der Waals surface area contributed by atoms with Crippen molar-refractivity contribution in [2.75, 3.05) is 23.3 Å². The van der Waals surface area contributed by atoms with Gasteiger partial charge >= 0.3 is 0 Å². The van der Waals surface area contributed by atoms with Gasteiger partial charge in [-0.1, -0.05) is 41.9 Å². The maximum absolute atomic E-state index is 12.9. The van der Waals surface area contributed by atoms with E-state index in [0.29, 0.717) is 22.1 Å². The molecule has 1 saturated heterocycles. The number of amides is 1. The third kappa shape index (κ3) is 3.66. The summed E-state index contributed by atoms with van der Waals surface area (Å²) in [5.74, 6) is 0.513. The van der Waals surface area contributed by atoms with Crippen LogP contribution in [0.1, 0.15) is 28.9 Å². The molecule has 0 aliphatic carbocycles. The van der Waals surface area contributed by atoms with Crippen LogP contribution in [0.3, 0.4) is 0 Å². The predicted molar refractivity (Wildman–Crippen MR) is 107 cm³/mol. The highest BCUT2D eigenvalue weighted by molar-refractivity contribution is 6.30. The molecule has 1 aromatic carbocycles. The van der Waals surface area contributed by atoms with Gasteiger partial charge in [-0.05, 0) is 31.9 Å². The first-order valence-corrected chi connectivity index (χ1v) is 9.34. The van der Waals surface area contributed by atoms with E-state index in [1.165, 1.54) is 0 Å². The van der Waals surface area contributed by atoms with Gasteiger partial charge in [0.1, 0.15) is 16.7 Å². The minimum Gasteiger partial charge on any atom is -0.357 e. The minimum atomic E-state index is -0.235. The number of nitrogens with zero attached hydrogens (tertiary/aromatic N) is 3. The highest BCUT2D eigenvalue weighted by Gasteiger charge is 2.19. The summed E-state index contributed by atoms with van der Waals surface area (Å²) in [4.78, 5) is 19.4. The van der Waals surface area contributed by atoms with Crippen LogP contribution in [0.15, 0.2) is 42.5 Å². The van der Waals surface area contributed by atoms with E-state index in [0.717, 1.165) is 43.0 Å². The summed E-state index contributed by atoms with van der Waals surface area (Å²) >= 11 is 6.18. The standard InChI is InChI=1S/C20H20ClN5O/c1-13-18(19(25-24-13)14-7-3-2-4-8-14)23-20(27)15-11-16(21)22-17(12-15)26-9-5-6-10-26/h2-4,7-8,11-12H,5-6,9-10H2,1H3,(H,23,27)(H,24,25). The fourth-order valence-electron chi connectivity index (χ4n) is 3.30. The van der Waals surface area contributed by atoms with Crippen molar-refractivity contribution in [3.8, 4) is 11.3 Å². The second kappa shape index (κ2) is 7.40. The van der Waals surface area contributed by atoms with Gasteiger partial charge in [-0.2, -0.15) is 5.10 Å². The van der Waals surface area contributed by atoms with E-state index in [2.05, 4.69) is 25.4 Å². The number of H-pyrrole nitrogens is 1. The number of aromatic nitrogens is 3. The van der Waals surface area contributed by atoms with Gasteiger partial charge in [0.05, 0.1) is 11.4 Å². The van der Waals surface area contributed by atoms with Crippen LogP contribution in [0.5, 0.6) is 0 Å².